The summed E-state index contributed by atoms with van der Waals surface area (Å²) in [6.45, 7) is 0.475. The number of hydrogen-bond donors (Lipinski definition) is 1. The Morgan fingerprint density at radius 1 is 1.10 bits per heavy atom. The molecule has 1 atom stereocenters. The number of anilines is 1. The molecule has 31 heavy (non-hydrogen) atoms. The maximum absolute atomic E-state index is 13.4. The fraction of sp³-hybridized carbons (Fsp3) is 0.125. The van der Waals surface area contributed by atoms with Crippen LogP contribution in [-0.2, 0) is 11.2 Å². The molecular formula is C24H18N4O3. The highest BCUT2D eigenvalue weighted by molar-refractivity contribution is 6.21. The maximum Gasteiger partial charge on any atom is 0.272 e. The zero-order valence-electron chi connectivity index (χ0n) is 16.5. The van der Waals surface area contributed by atoms with Gasteiger partial charge in [-0.15, -0.1) is 0 Å². The Morgan fingerprint density at radius 3 is 2.61 bits per heavy atom. The average Bonchev–Trinajstić information content (AvgIpc) is 3.21. The SMILES string of the molecule is O=Cc1cc2c3c(c1)C(c1ccccc1)=N[C@@H](NC(=O)c1ccncc1)C(=O)N3CC2. The Morgan fingerprint density at radius 2 is 1.87 bits per heavy atom. The molecule has 7 heteroatoms. The van der Waals surface area contributed by atoms with Crippen LogP contribution in [0.1, 0.15) is 37.4 Å². The van der Waals surface area contributed by atoms with Crippen LogP contribution in [0.2, 0.25) is 0 Å². The summed E-state index contributed by atoms with van der Waals surface area (Å²) in [7, 11) is 0. The Balaban J connectivity index is 1.65. The lowest BCUT2D eigenvalue weighted by atomic mass is 9.96. The summed E-state index contributed by atoms with van der Waals surface area (Å²) in [5.41, 5.74) is 4.71. The van der Waals surface area contributed by atoms with Crippen molar-refractivity contribution in [2.75, 3.05) is 11.4 Å². The quantitative estimate of drug-likeness (QED) is 0.669. The van der Waals surface area contributed by atoms with Gasteiger partial charge in [-0.3, -0.25) is 19.4 Å². The zero-order valence-corrected chi connectivity index (χ0v) is 16.5. The Hall–Kier alpha value is -4.13. The van der Waals surface area contributed by atoms with Crippen molar-refractivity contribution in [2.24, 2.45) is 4.99 Å². The van der Waals surface area contributed by atoms with Crippen LogP contribution < -0.4 is 10.2 Å². The molecule has 0 saturated heterocycles. The number of amides is 2. The molecular weight excluding hydrogens is 392 g/mol. The molecule has 7 nitrogen and oxygen atoms in total. The van der Waals surface area contributed by atoms with E-state index in [2.05, 4.69) is 10.3 Å². The van der Waals surface area contributed by atoms with E-state index in [-0.39, 0.29) is 5.91 Å². The first kappa shape index (κ1) is 18.9. The number of rotatable bonds is 4. The van der Waals surface area contributed by atoms with Crippen molar-refractivity contribution < 1.29 is 14.4 Å². The van der Waals surface area contributed by atoms with Crippen molar-refractivity contribution in [1.82, 2.24) is 10.3 Å². The highest BCUT2D eigenvalue weighted by Crippen LogP contribution is 2.37. The first-order valence-electron chi connectivity index (χ1n) is 9.93. The number of carbonyl (C=O) groups excluding carboxylic acids is 3. The van der Waals surface area contributed by atoms with Crippen LogP contribution in [-0.4, -0.2) is 41.5 Å². The molecule has 3 aromatic rings. The minimum atomic E-state index is -1.09. The van der Waals surface area contributed by atoms with Crippen LogP contribution in [0.15, 0.2) is 72.0 Å². The number of pyridine rings is 1. The van der Waals surface area contributed by atoms with Gasteiger partial charge in [-0.05, 0) is 36.2 Å². The third-order valence-corrected chi connectivity index (χ3v) is 5.49. The summed E-state index contributed by atoms with van der Waals surface area (Å²) in [6, 6.07) is 16.2. The zero-order chi connectivity index (χ0) is 21.4. The Labute approximate surface area is 178 Å². The van der Waals surface area contributed by atoms with Crippen LogP contribution in [0, 0.1) is 0 Å². The van der Waals surface area contributed by atoms with E-state index in [9.17, 15) is 14.4 Å². The highest BCUT2D eigenvalue weighted by atomic mass is 16.2. The second-order valence-corrected chi connectivity index (χ2v) is 7.39. The van der Waals surface area contributed by atoms with Gasteiger partial charge in [-0.1, -0.05) is 30.3 Å². The lowest BCUT2D eigenvalue weighted by Gasteiger charge is -2.21. The van der Waals surface area contributed by atoms with E-state index in [0.29, 0.717) is 29.8 Å². The minimum Gasteiger partial charge on any atom is -0.322 e. The van der Waals surface area contributed by atoms with Gasteiger partial charge in [0.05, 0.1) is 11.4 Å². The first-order chi connectivity index (χ1) is 15.2. The van der Waals surface area contributed by atoms with Gasteiger partial charge in [-0.2, -0.15) is 0 Å². The molecule has 0 bridgehead atoms. The smallest absolute Gasteiger partial charge is 0.272 e. The third-order valence-electron chi connectivity index (χ3n) is 5.49. The summed E-state index contributed by atoms with van der Waals surface area (Å²) in [4.78, 5) is 48.0. The monoisotopic (exact) mass is 410 g/mol. The van der Waals surface area contributed by atoms with Crippen LogP contribution in [0.5, 0.6) is 0 Å². The van der Waals surface area contributed by atoms with Crippen LogP contribution in [0.3, 0.4) is 0 Å². The molecule has 5 rings (SSSR count). The summed E-state index contributed by atoms with van der Waals surface area (Å²) in [5, 5.41) is 2.76. The molecule has 0 unspecified atom stereocenters. The van der Waals surface area contributed by atoms with Crippen molar-refractivity contribution >= 4 is 29.5 Å². The molecule has 2 aromatic carbocycles. The molecule has 3 heterocycles. The molecule has 0 fully saturated rings. The average molecular weight is 410 g/mol. The van der Waals surface area contributed by atoms with Crippen molar-refractivity contribution in [1.29, 1.82) is 0 Å². The third kappa shape index (κ3) is 3.30. The second kappa shape index (κ2) is 7.60. The van der Waals surface area contributed by atoms with Crippen LogP contribution in [0.4, 0.5) is 5.69 Å². The van der Waals surface area contributed by atoms with E-state index in [0.717, 1.165) is 28.7 Å². The maximum atomic E-state index is 13.4. The molecule has 1 N–H and O–H groups in total. The summed E-state index contributed by atoms with van der Waals surface area (Å²) in [6.07, 6.45) is 3.40. The van der Waals surface area contributed by atoms with Crippen molar-refractivity contribution in [3.63, 3.8) is 0 Å². The fourth-order valence-electron chi connectivity index (χ4n) is 4.07. The van der Waals surface area contributed by atoms with E-state index < -0.39 is 12.1 Å². The van der Waals surface area contributed by atoms with E-state index in [4.69, 9.17) is 4.99 Å². The van der Waals surface area contributed by atoms with Crippen molar-refractivity contribution in [3.05, 3.63) is 94.8 Å². The molecule has 0 aliphatic carbocycles. The lowest BCUT2D eigenvalue weighted by molar-refractivity contribution is -0.120. The van der Waals surface area contributed by atoms with Gasteiger partial charge in [-0.25, -0.2) is 4.99 Å². The Bertz CT molecular complexity index is 1220. The predicted molar refractivity (Wildman–Crippen MR) is 115 cm³/mol. The number of benzene rings is 2. The topological polar surface area (TPSA) is 91.7 Å². The number of nitrogens with zero attached hydrogens (tertiary/aromatic N) is 3. The minimum absolute atomic E-state index is 0.299. The number of aromatic nitrogens is 1. The lowest BCUT2D eigenvalue weighted by Crippen LogP contribution is -2.46. The molecule has 2 aliphatic rings. The number of hydrogen-bond acceptors (Lipinski definition) is 5. The molecule has 0 saturated carbocycles. The Kier molecular flexibility index (Phi) is 4.63. The van der Waals surface area contributed by atoms with Gasteiger partial charge in [0.2, 0.25) is 6.17 Å². The van der Waals surface area contributed by atoms with Crippen LogP contribution >= 0.6 is 0 Å². The first-order valence-corrected chi connectivity index (χ1v) is 9.93. The van der Waals surface area contributed by atoms with E-state index in [1.54, 1.807) is 23.1 Å². The van der Waals surface area contributed by atoms with Crippen molar-refractivity contribution in [2.45, 2.75) is 12.6 Å². The van der Waals surface area contributed by atoms with Crippen molar-refractivity contribution in [3.8, 4) is 0 Å². The van der Waals surface area contributed by atoms with E-state index in [1.807, 2.05) is 36.4 Å². The number of aldehydes is 1. The van der Waals surface area contributed by atoms with Gasteiger partial charge < -0.3 is 10.2 Å². The van der Waals surface area contributed by atoms with Gasteiger partial charge in [0.25, 0.3) is 11.8 Å². The predicted octanol–water partition coefficient (Wildman–Crippen LogP) is 2.39. The number of nitrogens with one attached hydrogen (secondary N) is 1. The molecule has 2 aliphatic heterocycles. The highest BCUT2D eigenvalue weighted by Gasteiger charge is 2.37. The standard InChI is InChI=1S/C24H18N4O3/c29-14-15-12-18-8-11-28-21(18)19(13-15)20(16-4-2-1-3-5-16)26-22(24(28)31)27-23(30)17-6-9-25-10-7-17/h1-7,9-10,12-14,22H,8,11H2,(H,27,30)/t22-/m0/s1. The summed E-state index contributed by atoms with van der Waals surface area (Å²) in [5.74, 6) is -0.706. The fourth-order valence-corrected chi connectivity index (χ4v) is 4.07. The van der Waals surface area contributed by atoms with Gasteiger partial charge in [0.1, 0.15) is 6.29 Å². The molecule has 0 radical (unpaired) electrons. The largest absolute Gasteiger partial charge is 0.322 e. The molecule has 1 aromatic heterocycles. The van der Waals surface area contributed by atoms with E-state index >= 15 is 0 Å². The molecule has 0 spiro atoms. The normalized spacial score (nSPS) is 16.9. The number of carbonyl (C=O) groups is 3. The van der Waals surface area contributed by atoms with Crippen LogP contribution in [0.25, 0.3) is 0 Å². The molecule has 152 valence electrons. The molecule has 2 amide bonds. The summed E-state index contributed by atoms with van der Waals surface area (Å²) >= 11 is 0. The number of aliphatic imine (C=N–C) groups is 1. The van der Waals surface area contributed by atoms with Gasteiger partial charge >= 0.3 is 0 Å². The van der Waals surface area contributed by atoms with E-state index in [1.165, 1.54) is 12.4 Å². The summed E-state index contributed by atoms with van der Waals surface area (Å²) < 4.78 is 0. The van der Waals surface area contributed by atoms with Gasteiger partial charge in [0.15, 0.2) is 0 Å². The second-order valence-electron chi connectivity index (χ2n) is 7.39. The van der Waals surface area contributed by atoms with Gasteiger partial charge in [0, 0.05) is 41.2 Å².